The van der Waals surface area contributed by atoms with E-state index in [2.05, 4.69) is 0 Å². The van der Waals surface area contributed by atoms with Crippen LogP contribution < -0.4 is 0 Å². The largest absolute Gasteiger partial charge is 0.455 e. The van der Waals surface area contributed by atoms with Crippen molar-refractivity contribution in [2.45, 2.75) is 26.4 Å². The van der Waals surface area contributed by atoms with E-state index in [-0.39, 0.29) is 18.3 Å². The second kappa shape index (κ2) is 6.69. The van der Waals surface area contributed by atoms with Crippen LogP contribution in [-0.2, 0) is 11.3 Å². The molecule has 0 bridgehead atoms. The lowest BCUT2D eigenvalue weighted by Gasteiger charge is -2.15. The van der Waals surface area contributed by atoms with Gasteiger partial charge in [0.25, 0.3) is 5.91 Å². The molecule has 0 atom stereocenters. The van der Waals surface area contributed by atoms with Gasteiger partial charge < -0.3 is 14.1 Å². The first-order valence-electron chi connectivity index (χ1n) is 7.75. The minimum absolute atomic E-state index is 0.0668. The van der Waals surface area contributed by atoms with E-state index >= 15 is 0 Å². The van der Waals surface area contributed by atoms with E-state index < -0.39 is 5.97 Å². The first-order valence-corrected chi connectivity index (χ1v) is 7.75. The van der Waals surface area contributed by atoms with E-state index in [1.165, 1.54) is 0 Å². The Morgan fingerprint density at radius 2 is 1.78 bits per heavy atom. The molecule has 120 valence electrons. The van der Waals surface area contributed by atoms with E-state index in [0.717, 1.165) is 31.5 Å². The van der Waals surface area contributed by atoms with Crippen LogP contribution >= 0.6 is 0 Å². The van der Waals surface area contributed by atoms with Crippen molar-refractivity contribution in [1.82, 2.24) is 4.90 Å². The number of nitrogens with zero attached hydrogens (tertiary/aromatic N) is 1. The number of likely N-dealkylation sites (tertiary alicyclic amines) is 1. The molecule has 23 heavy (non-hydrogen) atoms. The third-order valence-electron chi connectivity index (χ3n) is 3.91. The number of amides is 1. The van der Waals surface area contributed by atoms with Crippen LogP contribution in [0.5, 0.6) is 0 Å². The van der Waals surface area contributed by atoms with Crippen LogP contribution in [0.4, 0.5) is 0 Å². The summed E-state index contributed by atoms with van der Waals surface area (Å²) in [5, 5.41) is 0. The lowest BCUT2D eigenvalue weighted by atomic mass is 10.1. The van der Waals surface area contributed by atoms with E-state index in [4.69, 9.17) is 9.15 Å². The number of furan rings is 1. The minimum atomic E-state index is -0.490. The summed E-state index contributed by atoms with van der Waals surface area (Å²) in [6.45, 7) is 3.59. The van der Waals surface area contributed by atoms with Gasteiger partial charge in [0, 0.05) is 18.7 Å². The Kier molecular flexibility index (Phi) is 4.46. The van der Waals surface area contributed by atoms with Crippen LogP contribution in [-0.4, -0.2) is 29.9 Å². The molecule has 1 aromatic heterocycles. The van der Waals surface area contributed by atoms with Gasteiger partial charge in [0.15, 0.2) is 0 Å². The molecule has 0 radical (unpaired) electrons. The lowest BCUT2D eigenvalue weighted by Crippen LogP contribution is -2.27. The molecule has 1 aliphatic rings. The van der Waals surface area contributed by atoms with Gasteiger partial charge in [0.1, 0.15) is 12.4 Å². The first-order chi connectivity index (χ1) is 11.1. The molecule has 0 unspecified atom stereocenters. The molecule has 1 saturated heterocycles. The van der Waals surface area contributed by atoms with E-state index in [0.29, 0.717) is 11.3 Å². The molecule has 0 saturated carbocycles. The molecule has 0 aliphatic carbocycles. The molecule has 5 heteroatoms. The number of hydrogen-bond donors (Lipinski definition) is 0. The maximum atomic E-state index is 12.2. The number of carbonyl (C=O) groups excluding carboxylic acids is 2. The Labute approximate surface area is 134 Å². The monoisotopic (exact) mass is 313 g/mol. The van der Waals surface area contributed by atoms with Gasteiger partial charge in [-0.1, -0.05) is 12.1 Å². The Bertz CT molecular complexity index is 696. The van der Waals surface area contributed by atoms with Crippen LogP contribution in [0.3, 0.4) is 0 Å². The standard InChI is InChI=1S/C18H19NO4/c1-13-4-9-16(23-13)18(21)22-12-14-5-7-15(8-6-14)17(20)19-10-2-3-11-19/h4-9H,2-3,10-12H2,1H3. The highest BCUT2D eigenvalue weighted by atomic mass is 16.5. The smallest absolute Gasteiger partial charge is 0.374 e. The van der Waals surface area contributed by atoms with Crippen molar-refractivity contribution in [3.8, 4) is 0 Å². The topological polar surface area (TPSA) is 59.8 Å². The van der Waals surface area contributed by atoms with Crippen molar-refractivity contribution >= 4 is 11.9 Å². The van der Waals surface area contributed by atoms with Gasteiger partial charge in [0.2, 0.25) is 5.76 Å². The molecule has 2 heterocycles. The van der Waals surface area contributed by atoms with Gasteiger partial charge in [-0.25, -0.2) is 4.79 Å². The Morgan fingerprint density at radius 1 is 1.09 bits per heavy atom. The quantitative estimate of drug-likeness (QED) is 0.813. The van der Waals surface area contributed by atoms with Crippen LogP contribution in [0.2, 0.25) is 0 Å². The minimum Gasteiger partial charge on any atom is -0.455 e. The van der Waals surface area contributed by atoms with Crippen molar-refractivity contribution < 1.29 is 18.7 Å². The third kappa shape index (κ3) is 3.62. The number of esters is 1. The number of ether oxygens (including phenoxy) is 1. The van der Waals surface area contributed by atoms with Gasteiger partial charge in [-0.3, -0.25) is 4.79 Å². The SMILES string of the molecule is Cc1ccc(C(=O)OCc2ccc(C(=O)N3CCCC3)cc2)o1. The zero-order valence-corrected chi connectivity index (χ0v) is 13.1. The molecule has 0 N–H and O–H groups in total. The molecular weight excluding hydrogens is 294 g/mol. The van der Waals surface area contributed by atoms with Crippen molar-refractivity contribution in [3.63, 3.8) is 0 Å². The summed E-state index contributed by atoms with van der Waals surface area (Å²) in [5.74, 6) is 0.442. The molecule has 1 aromatic carbocycles. The van der Waals surface area contributed by atoms with Crippen LogP contribution in [0.1, 0.15) is 45.1 Å². The molecule has 1 fully saturated rings. The predicted molar refractivity (Wildman–Crippen MR) is 84.1 cm³/mol. The zero-order chi connectivity index (χ0) is 16.2. The van der Waals surface area contributed by atoms with Crippen molar-refractivity contribution in [2.75, 3.05) is 13.1 Å². The number of rotatable bonds is 4. The highest BCUT2D eigenvalue weighted by molar-refractivity contribution is 5.94. The average Bonchev–Trinajstić information content (AvgIpc) is 3.24. The average molecular weight is 313 g/mol. The summed E-state index contributed by atoms with van der Waals surface area (Å²) in [4.78, 5) is 25.9. The fourth-order valence-electron chi connectivity index (χ4n) is 2.61. The maximum Gasteiger partial charge on any atom is 0.374 e. The number of benzene rings is 1. The summed E-state index contributed by atoms with van der Waals surface area (Å²) >= 11 is 0. The Balaban J connectivity index is 1.57. The van der Waals surface area contributed by atoms with Gasteiger partial charge >= 0.3 is 5.97 Å². The Morgan fingerprint density at radius 3 is 2.39 bits per heavy atom. The van der Waals surface area contributed by atoms with E-state index in [1.807, 2.05) is 17.0 Å². The van der Waals surface area contributed by atoms with Gasteiger partial charge in [-0.05, 0) is 49.6 Å². The first kappa shape index (κ1) is 15.3. The molecular formula is C18H19NO4. The summed E-state index contributed by atoms with van der Waals surface area (Å²) in [6, 6.07) is 10.5. The molecule has 0 spiro atoms. The molecule has 1 amide bonds. The third-order valence-corrected chi connectivity index (χ3v) is 3.91. The van der Waals surface area contributed by atoms with Gasteiger partial charge in [-0.15, -0.1) is 0 Å². The van der Waals surface area contributed by atoms with Crippen LogP contribution in [0.15, 0.2) is 40.8 Å². The summed E-state index contributed by atoms with van der Waals surface area (Å²) in [7, 11) is 0. The number of carbonyl (C=O) groups is 2. The van der Waals surface area contributed by atoms with Crippen LogP contribution in [0, 0.1) is 6.92 Å². The lowest BCUT2D eigenvalue weighted by molar-refractivity contribution is 0.0434. The van der Waals surface area contributed by atoms with E-state index in [1.54, 1.807) is 31.2 Å². The highest BCUT2D eigenvalue weighted by Crippen LogP contribution is 2.15. The molecule has 3 rings (SSSR count). The molecule has 1 aliphatic heterocycles. The summed E-state index contributed by atoms with van der Waals surface area (Å²) < 4.78 is 10.4. The second-order valence-electron chi connectivity index (χ2n) is 5.68. The van der Waals surface area contributed by atoms with Crippen LogP contribution in [0.25, 0.3) is 0 Å². The molecule has 5 nitrogen and oxygen atoms in total. The van der Waals surface area contributed by atoms with Gasteiger partial charge in [0.05, 0.1) is 0 Å². The van der Waals surface area contributed by atoms with E-state index in [9.17, 15) is 9.59 Å². The summed E-state index contributed by atoms with van der Waals surface area (Å²) in [6.07, 6.45) is 2.15. The summed E-state index contributed by atoms with van der Waals surface area (Å²) in [5.41, 5.74) is 1.50. The second-order valence-corrected chi connectivity index (χ2v) is 5.68. The van der Waals surface area contributed by atoms with Crippen molar-refractivity contribution in [1.29, 1.82) is 0 Å². The molecule has 2 aromatic rings. The normalized spacial score (nSPS) is 14.0. The van der Waals surface area contributed by atoms with Crippen molar-refractivity contribution in [2.24, 2.45) is 0 Å². The zero-order valence-electron chi connectivity index (χ0n) is 13.1. The number of hydrogen-bond acceptors (Lipinski definition) is 4. The maximum absolute atomic E-state index is 12.2. The predicted octanol–water partition coefficient (Wildman–Crippen LogP) is 3.18. The number of aryl methyl sites for hydroxylation is 1. The van der Waals surface area contributed by atoms with Crippen molar-refractivity contribution in [3.05, 3.63) is 59.0 Å². The highest BCUT2D eigenvalue weighted by Gasteiger charge is 2.19. The fraction of sp³-hybridized carbons (Fsp3) is 0.333. The fourth-order valence-corrected chi connectivity index (χ4v) is 2.61. The Hall–Kier alpha value is -2.56. The van der Waals surface area contributed by atoms with Gasteiger partial charge in [-0.2, -0.15) is 0 Å².